The Morgan fingerprint density at radius 3 is 2.56 bits per heavy atom. The molecule has 0 aliphatic carbocycles. The van der Waals surface area contributed by atoms with Crippen LogP contribution in [-0.4, -0.2) is 16.4 Å². The largest absolute Gasteiger partial charge is 0.260 e. The van der Waals surface area contributed by atoms with Gasteiger partial charge in [0.25, 0.3) is 0 Å². The maximum atomic E-state index is 8.65. The number of hydrogen-bond donors (Lipinski definition) is 1. The molecule has 0 aliphatic heterocycles. The molecule has 2 rings (SSSR count). The summed E-state index contributed by atoms with van der Waals surface area (Å²) in [7, 11) is 0. The predicted octanol–water partition coefficient (Wildman–Crippen LogP) is 2.45. The second kappa shape index (κ2) is 5.75. The van der Waals surface area contributed by atoms with Crippen LogP contribution in [0.5, 0.6) is 0 Å². The van der Waals surface area contributed by atoms with Gasteiger partial charge in [0.1, 0.15) is 0 Å². The van der Waals surface area contributed by atoms with E-state index in [1.165, 1.54) is 0 Å². The second-order valence-electron chi connectivity index (χ2n) is 3.35. The van der Waals surface area contributed by atoms with Gasteiger partial charge in [-0.25, -0.2) is 0 Å². The lowest BCUT2D eigenvalue weighted by Gasteiger charge is -1.97. The van der Waals surface area contributed by atoms with Gasteiger partial charge in [-0.2, -0.15) is 10.4 Å². The molecule has 1 aromatic carbocycles. The van der Waals surface area contributed by atoms with Gasteiger partial charge in [0.2, 0.25) is 0 Å². The molecule has 0 saturated carbocycles. The molecular weight excluding hydrogens is 250 g/mol. The second-order valence-corrected chi connectivity index (χ2v) is 3.73. The number of nitriles is 1. The highest BCUT2D eigenvalue weighted by molar-refractivity contribution is 6.29. The number of aromatic nitrogens is 2. The van der Waals surface area contributed by atoms with Crippen molar-refractivity contribution in [3.8, 4) is 6.07 Å². The standard InChI is InChI=1S/C12H8ClN5/c13-11-5-6-12(18-16-11)17-15-8-10-3-1-9(7-14)2-4-10/h1-6,8H,(H,17,18). The fourth-order valence-corrected chi connectivity index (χ4v) is 1.29. The Hall–Kier alpha value is -2.45. The lowest BCUT2D eigenvalue weighted by molar-refractivity contribution is 1.02. The molecule has 0 atom stereocenters. The van der Waals surface area contributed by atoms with E-state index in [0.29, 0.717) is 16.5 Å². The Labute approximate surface area is 109 Å². The van der Waals surface area contributed by atoms with Gasteiger partial charge >= 0.3 is 0 Å². The minimum atomic E-state index is 0.330. The van der Waals surface area contributed by atoms with Crippen molar-refractivity contribution in [3.05, 3.63) is 52.7 Å². The minimum absolute atomic E-state index is 0.330. The van der Waals surface area contributed by atoms with E-state index in [1.54, 1.807) is 42.6 Å². The average molecular weight is 258 g/mol. The third-order valence-corrected chi connectivity index (χ3v) is 2.27. The molecule has 0 fully saturated rings. The zero-order chi connectivity index (χ0) is 12.8. The molecule has 6 heteroatoms. The summed E-state index contributed by atoms with van der Waals surface area (Å²) in [5.74, 6) is 0.504. The lowest BCUT2D eigenvalue weighted by Crippen LogP contribution is -1.94. The van der Waals surface area contributed by atoms with E-state index in [9.17, 15) is 0 Å². The smallest absolute Gasteiger partial charge is 0.168 e. The van der Waals surface area contributed by atoms with Gasteiger partial charge in [0, 0.05) is 0 Å². The molecule has 0 amide bonds. The van der Waals surface area contributed by atoms with Crippen LogP contribution < -0.4 is 5.43 Å². The summed E-state index contributed by atoms with van der Waals surface area (Å²) < 4.78 is 0. The molecule has 5 nitrogen and oxygen atoms in total. The van der Waals surface area contributed by atoms with E-state index in [2.05, 4.69) is 26.8 Å². The van der Waals surface area contributed by atoms with Crippen LogP contribution in [0.1, 0.15) is 11.1 Å². The molecule has 1 heterocycles. The summed E-state index contributed by atoms with van der Waals surface area (Å²) in [5.41, 5.74) is 4.21. The van der Waals surface area contributed by atoms with Crippen molar-refractivity contribution in [3.63, 3.8) is 0 Å². The van der Waals surface area contributed by atoms with Gasteiger partial charge in [-0.15, -0.1) is 10.2 Å². The summed E-state index contributed by atoms with van der Waals surface area (Å²) >= 11 is 5.60. The molecule has 0 unspecified atom stereocenters. The third kappa shape index (κ3) is 3.27. The van der Waals surface area contributed by atoms with Crippen molar-refractivity contribution in [1.82, 2.24) is 10.2 Å². The molecule has 0 bridgehead atoms. The summed E-state index contributed by atoms with van der Waals surface area (Å²) in [6, 6.07) is 12.4. The van der Waals surface area contributed by atoms with Crippen molar-refractivity contribution >= 4 is 23.6 Å². The van der Waals surface area contributed by atoms with Crippen LogP contribution in [0.15, 0.2) is 41.5 Å². The van der Waals surface area contributed by atoms with Gasteiger partial charge in [-0.05, 0) is 29.8 Å². The van der Waals surface area contributed by atoms with Crippen LogP contribution in [-0.2, 0) is 0 Å². The van der Waals surface area contributed by atoms with Crippen molar-refractivity contribution < 1.29 is 0 Å². The van der Waals surface area contributed by atoms with E-state index >= 15 is 0 Å². The lowest BCUT2D eigenvalue weighted by atomic mass is 10.2. The van der Waals surface area contributed by atoms with Crippen LogP contribution >= 0.6 is 11.6 Å². The molecular formula is C12H8ClN5. The monoisotopic (exact) mass is 257 g/mol. The maximum Gasteiger partial charge on any atom is 0.168 e. The number of hydrazone groups is 1. The normalized spacial score (nSPS) is 10.2. The molecule has 1 N–H and O–H groups in total. The zero-order valence-corrected chi connectivity index (χ0v) is 9.96. The highest BCUT2D eigenvalue weighted by Crippen LogP contribution is 2.06. The Morgan fingerprint density at radius 2 is 1.94 bits per heavy atom. The van der Waals surface area contributed by atoms with Crippen LogP contribution in [0.3, 0.4) is 0 Å². The number of nitrogens with one attached hydrogen (secondary N) is 1. The van der Waals surface area contributed by atoms with Crippen molar-refractivity contribution in [1.29, 1.82) is 5.26 Å². The number of hydrogen-bond acceptors (Lipinski definition) is 5. The van der Waals surface area contributed by atoms with Crippen LogP contribution in [0.4, 0.5) is 5.82 Å². The Morgan fingerprint density at radius 1 is 1.17 bits per heavy atom. The average Bonchev–Trinajstić information content (AvgIpc) is 2.42. The molecule has 88 valence electrons. The number of anilines is 1. The number of halogens is 1. The molecule has 0 aliphatic rings. The first-order valence-electron chi connectivity index (χ1n) is 5.06. The van der Waals surface area contributed by atoms with Crippen molar-refractivity contribution in [2.75, 3.05) is 5.43 Å². The molecule has 0 spiro atoms. The number of benzene rings is 1. The highest BCUT2D eigenvalue weighted by Gasteiger charge is 1.93. The Kier molecular flexibility index (Phi) is 3.84. The zero-order valence-electron chi connectivity index (χ0n) is 9.21. The van der Waals surface area contributed by atoms with Gasteiger partial charge in [-0.1, -0.05) is 23.7 Å². The van der Waals surface area contributed by atoms with E-state index in [0.717, 1.165) is 5.56 Å². The van der Waals surface area contributed by atoms with Gasteiger partial charge in [0.15, 0.2) is 11.0 Å². The van der Waals surface area contributed by atoms with Crippen molar-refractivity contribution in [2.24, 2.45) is 5.10 Å². The number of nitrogens with zero attached hydrogens (tertiary/aromatic N) is 4. The topological polar surface area (TPSA) is 74.0 Å². The maximum absolute atomic E-state index is 8.65. The summed E-state index contributed by atoms with van der Waals surface area (Å²) in [4.78, 5) is 0. The SMILES string of the molecule is N#Cc1ccc(C=NNc2ccc(Cl)nn2)cc1. The first-order chi connectivity index (χ1) is 8.78. The van der Waals surface area contributed by atoms with E-state index in [4.69, 9.17) is 16.9 Å². The molecule has 0 saturated heterocycles. The van der Waals surface area contributed by atoms with Crippen molar-refractivity contribution in [2.45, 2.75) is 0 Å². The van der Waals surface area contributed by atoms with E-state index < -0.39 is 0 Å². The van der Waals surface area contributed by atoms with Crippen LogP contribution in [0.25, 0.3) is 0 Å². The third-order valence-electron chi connectivity index (χ3n) is 2.06. The quantitative estimate of drug-likeness (QED) is 0.677. The predicted molar refractivity (Wildman–Crippen MR) is 69.4 cm³/mol. The van der Waals surface area contributed by atoms with Crippen LogP contribution in [0.2, 0.25) is 5.15 Å². The van der Waals surface area contributed by atoms with E-state index in [1.807, 2.05) is 0 Å². The van der Waals surface area contributed by atoms with Gasteiger partial charge in [0.05, 0.1) is 17.8 Å². The number of rotatable bonds is 3. The highest BCUT2D eigenvalue weighted by atomic mass is 35.5. The van der Waals surface area contributed by atoms with Gasteiger partial charge < -0.3 is 0 Å². The Bertz CT molecular complexity index is 583. The fraction of sp³-hybridized carbons (Fsp3) is 0. The summed E-state index contributed by atoms with van der Waals surface area (Å²) in [5, 5.41) is 20.4. The molecule has 2 aromatic rings. The molecule has 18 heavy (non-hydrogen) atoms. The fourth-order valence-electron chi connectivity index (χ4n) is 1.19. The van der Waals surface area contributed by atoms with E-state index in [-0.39, 0.29) is 0 Å². The summed E-state index contributed by atoms with van der Waals surface area (Å²) in [6.07, 6.45) is 1.62. The first-order valence-corrected chi connectivity index (χ1v) is 5.44. The minimum Gasteiger partial charge on any atom is -0.260 e. The van der Waals surface area contributed by atoms with Gasteiger partial charge in [-0.3, -0.25) is 5.43 Å². The summed E-state index contributed by atoms with van der Waals surface area (Å²) in [6.45, 7) is 0. The molecule has 1 aromatic heterocycles. The Balaban J connectivity index is 1.98. The first kappa shape index (κ1) is 12.0. The van der Waals surface area contributed by atoms with Crippen LogP contribution in [0, 0.1) is 11.3 Å². The molecule has 0 radical (unpaired) electrons.